The van der Waals surface area contributed by atoms with Crippen LogP contribution in [0.25, 0.3) is 11.5 Å². The van der Waals surface area contributed by atoms with Crippen LogP contribution in [-0.4, -0.2) is 28.2 Å². The van der Waals surface area contributed by atoms with Gasteiger partial charge in [0, 0.05) is 12.3 Å². The van der Waals surface area contributed by atoms with Gasteiger partial charge in [0.1, 0.15) is 6.26 Å². The number of rotatable bonds is 3. The standard InChI is InChI=1S/C10H8N2O4/c1-15-8-3-2-6(4-11-8)9-12-7(5-16-9)10(13)14/h2-5H,1H3,(H,13,14). The fourth-order valence-electron chi connectivity index (χ4n) is 1.13. The summed E-state index contributed by atoms with van der Waals surface area (Å²) in [5, 5.41) is 8.67. The first kappa shape index (κ1) is 10.2. The summed E-state index contributed by atoms with van der Waals surface area (Å²) in [6.07, 6.45) is 2.58. The summed E-state index contributed by atoms with van der Waals surface area (Å²) in [4.78, 5) is 18.3. The Bertz CT molecular complexity index is 504. The van der Waals surface area contributed by atoms with E-state index in [0.717, 1.165) is 6.26 Å². The van der Waals surface area contributed by atoms with Crippen LogP contribution in [0.4, 0.5) is 0 Å². The Morgan fingerprint density at radius 3 is 2.81 bits per heavy atom. The maximum Gasteiger partial charge on any atom is 0.357 e. The van der Waals surface area contributed by atoms with Gasteiger partial charge in [-0.3, -0.25) is 0 Å². The second-order valence-electron chi connectivity index (χ2n) is 2.93. The van der Waals surface area contributed by atoms with Crippen LogP contribution in [0.2, 0.25) is 0 Å². The highest BCUT2D eigenvalue weighted by Crippen LogP contribution is 2.19. The van der Waals surface area contributed by atoms with E-state index in [1.54, 1.807) is 12.1 Å². The number of aromatic nitrogens is 2. The topological polar surface area (TPSA) is 85.5 Å². The van der Waals surface area contributed by atoms with Gasteiger partial charge in [-0.1, -0.05) is 0 Å². The molecule has 0 aliphatic carbocycles. The van der Waals surface area contributed by atoms with Gasteiger partial charge < -0.3 is 14.3 Å². The molecule has 0 bridgehead atoms. The lowest BCUT2D eigenvalue weighted by Crippen LogP contribution is -1.95. The molecule has 82 valence electrons. The summed E-state index contributed by atoms with van der Waals surface area (Å²) >= 11 is 0. The van der Waals surface area contributed by atoms with Gasteiger partial charge in [0.2, 0.25) is 11.8 Å². The van der Waals surface area contributed by atoms with Gasteiger partial charge in [0.05, 0.1) is 12.7 Å². The molecule has 0 saturated heterocycles. The molecule has 0 radical (unpaired) electrons. The minimum absolute atomic E-state index is 0.134. The van der Waals surface area contributed by atoms with Crippen LogP contribution < -0.4 is 4.74 Å². The molecule has 0 aliphatic heterocycles. The van der Waals surface area contributed by atoms with Crippen molar-refractivity contribution in [2.75, 3.05) is 7.11 Å². The molecule has 0 atom stereocenters. The van der Waals surface area contributed by atoms with Crippen LogP contribution in [0.1, 0.15) is 10.5 Å². The van der Waals surface area contributed by atoms with Crippen LogP contribution in [-0.2, 0) is 0 Å². The first-order valence-corrected chi connectivity index (χ1v) is 4.40. The highest BCUT2D eigenvalue weighted by molar-refractivity contribution is 5.85. The third kappa shape index (κ3) is 1.85. The van der Waals surface area contributed by atoms with Crippen molar-refractivity contribution in [3.05, 3.63) is 30.3 Å². The molecule has 2 aromatic rings. The Labute approximate surface area is 90.5 Å². The molecule has 2 rings (SSSR count). The number of carboxylic acids is 1. The molecule has 2 aromatic heterocycles. The first-order chi connectivity index (χ1) is 7.70. The van der Waals surface area contributed by atoms with E-state index in [2.05, 4.69) is 9.97 Å². The number of hydrogen-bond donors (Lipinski definition) is 1. The summed E-state index contributed by atoms with van der Waals surface area (Å²) in [6.45, 7) is 0. The van der Waals surface area contributed by atoms with Crippen LogP contribution in [0, 0.1) is 0 Å². The van der Waals surface area contributed by atoms with E-state index >= 15 is 0 Å². The molecule has 0 aliphatic rings. The number of nitrogens with zero attached hydrogens (tertiary/aromatic N) is 2. The van der Waals surface area contributed by atoms with Crippen molar-refractivity contribution in [3.63, 3.8) is 0 Å². The van der Waals surface area contributed by atoms with Crippen LogP contribution >= 0.6 is 0 Å². The fraction of sp³-hybridized carbons (Fsp3) is 0.100. The van der Waals surface area contributed by atoms with Gasteiger partial charge in [0.15, 0.2) is 5.69 Å². The number of hydrogen-bond acceptors (Lipinski definition) is 5. The molecule has 16 heavy (non-hydrogen) atoms. The van der Waals surface area contributed by atoms with E-state index < -0.39 is 5.97 Å². The average molecular weight is 220 g/mol. The third-order valence-corrected chi connectivity index (χ3v) is 1.92. The molecule has 2 heterocycles. The molecule has 0 saturated carbocycles. The monoisotopic (exact) mass is 220 g/mol. The average Bonchev–Trinajstić information content (AvgIpc) is 2.78. The lowest BCUT2D eigenvalue weighted by atomic mass is 10.3. The Kier molecular flexibility index (Phi) is 2.55. The van der Waals surface area contributed by atoms with E-state index in [-0.39, 0.29) is 11.6 Å². The van der Waals surface area contributed by atoms with E-state index in [4.69, 9.17) is 14.3 Å². The molecule has 1 N–H and O–H groups in total. The lowest BCUT2D eigenvalue weighted by molar-refractivity contribution is 0.0690. The SMILES string of the molecule is COc1ccc(-c2nc(C(=O)O)co2)cn1. The van der Waals surface area contributed by atoms with Gasteiger partial charge >= 0.3 is 5.97 Å². The van der Waals surface area contributed by atoms with Crippen LogP contribution in [0.15, 0.2) is 29.0 Å². The summed E-state index contributed by atoms with van der Waals surface area (Å²) in [5.41, 5.74) is 0.458. The number of methoxy groups -OCH3 is 1. The molecule has 6 heteroatoms. The molecular formula is C10H8N2O4. The quantitative estimate of drug-likeness (QED) is 0.842. The molecular weight excluding hydrogens is 212 g/mol. The van der Waals surface area contributed by atoms with Crippen molar-refractivity contribution < 1.29 is 19.1 Å². The molecule has 6 nitrogen and oxygen atoms in total. The summed E-state index contributed by atoms with van der Waals surface area (Å²) < 4.78 is 9.90. The molecule has 0 unspecified atom stereocenters. The zero-order valence-corrected chi connectivity index (χ0v) is 8.38. The van der Waals surface area contributed by atoms with Crippen molar-refractivity contribution in [1.29, 1.82) is 0 Å². The Morgan fingerprint density at radius 2 is 2.31 bits per heavy atom. The number of aromatic carboxylic acids is 1. The van der Waals surface area contributed by atoms with E-state index in [0.29, 0.717) is 11.4 Å². The lowest BCUT2D eigenvalue weighted by Gasteiger charge is -1.98. The van der Waals surface area contributed by atoms with Crippen molar-refractivity contribution >= 4 is 5.97 Å². The van der Waals surface area contributed by atoms with E-state index in [1.807, 2.05) is 0 Å². The van der Waals surface area contributed by atoms with E-state index in [9.17, 15) is 4.79 Å². The van der Waals surface area contributed by atoms with Crippen molar-refractivity contribution in [2.45, 2.75) is 0 Å². The third-order valence-electron chi connectivity index (χ3n) is 1.92. The predicted octanol–water partition coefficient (Wildman–Crippen LogP) is 1.44. The molecule has 0 fully saturated rings. The number of carbonyl (C=O) groups is 1. The minimum atomic E-state index is -1.13. The first-order valence-electron chi connectivity index (χ1n) is 4.40. The van der Waals surface area contributed by atoms with Crippen LogP contribution in [0.5, 0.6) is 5.88 Å². The number of carboxylic acid groups (broad SMARTS) is 1. The number of pyridine rings is 1. The second kappa shape index (κ2) is 4.01. The van der Waals surface area contributed by atoms with Gasteiger partial charge in [0.25, 0.3) is 0 Å². The zero-order chi connectivity index (χ0) is 11.5. The molecule has 0 amide bonds. The van der Waals surface area contributed by atoms with Gasteiger partial charge in [-0.15, -0.1) is 0 Å². The molecule has 0 aromatic carbocycles. The fourth-order valence-corrected chi connectivity index (χ4v) is 1.13. The maximum absolute atomic E-state index is 10.6. The smallest absolute Gasteiger partial charge is 0.357 e. The van der Waals surface area contributed by atoms with Gasteiger partial charge in [-0.05, 0) is 6.07 Å². The molecule has 0 spiro atoms. The normalized spacial score (nSPS) is 10.1. The zero-order valence-electron chi connectivity index (χ0n) is 8.38. The van der Waals surface area contributed by atoms with Crippen molar-refractivity contribution in [1.82, 2.24) is 9.97 Å². The number of oxazole rings is 1. The number of ether oxygens (including phenoxy) is 1. The van der Waals surface area contributed by atoms with Crippen molar-refractivity contribution in [2.24, 2.45) is 0 Å². The second-order valence-corrected chi connectivity index (χ2v) is 2.93. The van der Waals surface area contributed by atoms with Gasteiger partial charge in [-0.25, -0.2) is 14.8 Å². The summed E-state index contributed by atoms with van der Waals surface area (Å²) in [5.74, 6) is -0.446. The maximum atomic E-state index is 10.6. The predicted molar refractivity (Wildman–Crippen MR) is 53.2 cm³/mol. The van der Waals surface area contributed by atoms with Crippen molar-refractivity contribution in [3.8, 4) is 17.3 Å². The Morgan fingerprint density at radius 1 is 1.50 bits per heavy atom. The summed E-state index contributed by atoms with van der Waals surface area (Å²) in [6, 6.07) is 3.32. The Hall–Kier alpha value is -2.37. The highest BCUT2D eigenvalue weighted by atomic mass is 16.5. The van der Waals surface area contributed by atoms with Gasteiger partial charge in [-0.2, -0.15) is 0 Å². The summed E-state index contributed by atoms with van der Waals surface area (Å²) in [7, 11) is 1.51. The minimum Gasteiger partial charge on any atom is -0.481 e. The van der Waals surface area contributed by atoms with Crippen LogP contribution in [0.3, 0.4) is 0 Å². The highest BCUT2D eigenvalue weighted by Gasteiger charge is 2.11. The largest absolute Gasteiger partial charge is 0.481 e. The van der Waals surface area contributed by atoms with E-state index in [1.165, 1.54) is 13.3 Å². The Balaban J connectivity index is 2.31.